The zero-order chi connectivity index (χ0) is 22.4. The Hall–Kier alpha value is -1.66. The fraction of sp³-hybridized carbons (Fsp3) is 0.647. The quantitative estimate of drug-likeness (QED) is 0.381. The van der Waals surface area contributed by atoms with Crippen molar-refractivity contribution in [2.24, 2.45) is 0 Å². The number of aliphatic hydroxyl groups is 3. The van der Waals surface area contributed by atoms with Crippen molar-refractivity contribution in [3.8, 4) is 0 Å². The summed E-state index contributed by atoms with van der Waals surface area (Å²) < 4.78 is 38.2. The maximum Gasteiger partial charge on any atom is 0.358 e. The van der Waals surface area contributed by atoms with Gasteiger partial charge in [0.25, 0.3) is 0 Å². The number of H-pyrrole nitrogens is 1. The molecule has 13 heteroatoms. The molecule has 30 heavy (non-hydrogen) atoms. The Balaban J connectivity index is 1.85. The van der Waals surface area contributed by atoms with Crippen LogP contribution in [0.25, 0.3) is 11.0 Å². The van der Waals surface area contributed by atoms with Gasteiger partial charge in [-0.1, -0.05) is 6.92 Å². The molecule has 0 saturated carbocycles. The number of halogens is 1. The molecule has 5 N–H and O–H groups in total. The summed E-state index contributed by atoms with van der Waals surface area (Å²) in [7, 11) is -4.69. The van der Waals surface area contributed by atoms with E-state index in [-0.39, 0.29) is 0 Å². The van der Waals surface area contributed by atoms with Crippen LogP contribution in [0, 0.1) is 6.92 Å². The van der Waals surface area contributed by atoms with Crippen LogP contribution >= 0.6 is 7.60 Å². The highest BCUT2D eigenvalue weighted by molar-refractivity contribution is 7.53. The summed E-state index contributed by atoms with van der Waals surface area (Å²) in [6.45, 7) is 4.10. The SMILES string of the molecule is CCC(F)(C[C@H]1O[C@@H](n2cc3cc(C)[nH]c3nc2=O)[C@H](O)[C@@H]1O)OP(=O)(O)C(C)O. The van der Waals surface area contributed by atoms with E-state index >= 15 is 4.39 Å². The van der Waals surface area contributed by atoms with Gasteiger partial charge < -0.3 is 29.9 Å². The topological polar surface area (TPSA) is 167 Å². The van der Waals surface area contributed by atoms with Gasteiger partial charge in [0.2, 0.25) is 5.85 Å². The van der Waals surface area contributed by atoms with Crippen LogP contribution in [-0.2, 0) is 13.8 Å². The first-order valence-corrected chi connectivity index (χ1v) is 11.0. The summed E-state index contributed by atoms with van der Waals surface area (Å²) in [5, 5.41) is 30.6. The molecule has 3 heterocycles. The lowest BCUT2D eigenvalue weighted by atomic mass is 10.0. The van der Waals surface area contributed by atoms with Crippen LogP contribution in [0.5, 0.6) is 0 Å². The summed E-state index contributed by atoms with van der Waals surface area (Å²) >= 11 is 0. The second-order valence-electron chi connectivity index (χ2n) is 7.46. The van der Waals surface area contributed by atoms with Gasteiger partial charge in [-0.15, -0.1) is 0 Å². The first-order valence-electron chi connectivity index (χ1n) is 9.37. The second-order valence-corrected chi connectivity index (χ2v) is 9.52. The van der Waals surface area contributed by atoms with Crippen LogP contribution in [0.4, 0.5) is 4.39 Å². The minimum absolute atomic E-state index is 0.345. The fourth-order valence-corrected chi connectivity index (χ4v) is 4.14. The van der Waals surface area contributed by atoms with Crippen LogP contribution in [0.15, 0.2) is 17.1 Å². The monoisotopic (exact) mass is 449 g/mol. The Kier molecular flexibility index (Phi) is 6.23. The molecule has 1 aliphatic heterocycles. The first-order chi connectivity index (χ1) is 13.9. The van der Waals surface area contributed by atoms with Gasteiger partial charge in [0, 0.05) is 30.1 Å². The third kappa shape index (κ3) is 4.35. The Morgan fingerprint density at radius 1 is 1.47 bits per heavy atom. The van der Waals surface area contributed by atoms with Crippen molar-refractivity contribution in [3.05, 3.63) is 28.4 Å². The molecular formula is C17H25FN3O8P. The second kappa shape index (κ2) is 8.12. The Labute approximate surface area is 170 Å². The molecule has 11 nitrogen and oxygen atoms in total. The Bertz CT molecular complexity index is 1030. The van der Waals surface area contributed by atoms with Crippen molar-refractivity contribution >= 4 is 18.6 Å². The number of hydrogen-bond acceptors (Lipinski definition) is 8. The molecule has 1 aliphatic rings. The van der Waals surface area contributed by atoms with Crippen molar-refractivity contribution in [2.45, 2.75) is 69.9 Å². The maximum atomic E-state index is 15.1. The standard InChI is InChI=1S/C17H25FN3O8P/c1-4-17(18,29-30(26,27)9(3)22)6-11-12(23)13(24)15(28-11)21-7-10-5-8(2)19-14(10)20-16(21)25/h5,7,9,11-13,15,22-24H,4,6H2,1-3H3,(H,26,27)(H,19,20,25)/t9?,11-,12-,13-,15-,17?/m1/s1. The van der Waals surface area contributed by atoms with Gasteiger partial charge >= 0.3 is 13.3 Å². The number of aromatic nitrogens is 3. The molecule has 1 saturated heterocycles. The van der Waals surface area contributed by atoms with E-state index in [9.17, 15) is 29.6 Å². The normalized spacial score (nSPS) is 29.6. The molecule has 0 aliphatic carbocycles. The molecule has 7 atom stereocenters. The van der Waals surface area contributed by atoms with Gasteiger partial charge in [-0.2, -0.15) is 4.98 Å². The van der Waals surface area contributed by atoms with Gasteiger partial charge in [0.15, 0.2) is 12.1 Å². The highest BCUT2D eigenvalue weighted by atomic mass is 31.2. The van der Waals surface area contributed by atoms with Gasteiger partial charge in [-0.05, 0) is 19.9 Å². The number of rotatable bonds is 7. The predicted molar refractivity (Wildman–Crippen MR) is 102 cm³/mol. The van der Waals surface area contributed by atoms with E-state index in [2.05, 4.69) is 14.5 Å². The van der Waals surface area contributed by atoms with Crippen molar-refractivity contribution < 1.29 is 38.4 Å². The first kappa shape index (κ1) is 23.0. The summed E-state index contributed by atoms with van der Waals surface area (Å²) in [5.74, 6) is -4.56. The number of hydrogen-bond donors (Lipinski definition) is 5. The number of nitrogens with one attached hydrogen (secondary N) is 1. The minimum Gasteiger partial charge on any atom is -0.388 e. The predicted octanol–water partition coefficient (Wildman–Crippen LogP) is 0.658. The number of aryl methyl sites for hydroxylation is 1. The highest BCUT2D eigenvalue weighted by Crippen LogP contribution is 2.52. The summed E-state index contributed by atoms with van der Waals surface area (Å²) in [6, 6.07) is 1.72. The molecule has 2 aromatic rings. The van der Waals surface area contributed by atoms with E-state index in [4.69, 9.17) is 4.74 Å². The van der Waals surface area contributed by atoms with Crippen LogP contribution in [0.1, 0.15) is 38.6 Å². The van der Waals surface area contributed by atoms with E-state index in [1.165, 1.54) is 13.1 Å². The van der Waals surface area contributed by atoms with E-state index in [1.54, 1.807) is 13.0 Å². The van der Waals surface area contributed by atoms with Gasteiger partial charge in [-0.3, -0.25) is 13.7 Å². The third-order valence-corrected chi connectivity index (χ3v) is 6.61. The number of ether oxygens (including phenoxy) is 1. The maximum absolute atomic E-state index is 15.1. The molecule has 0 spiro atoms. The lowest BCUT2D eigenvalue weighted by molar-refractivity contribution is -0.130. The molecule has 0 aromatic carbocycles. The van der Waals surface area contributed by atoms with E-state index in [0.29, 0.717) is 11.0 Å². The molecular weight excluding hydrogens is 424 g/mol. The Morgan fingerprint density at radius 3 is 2.73 bits per heavy atom. The fourth-order valence-electron chi connectivity index (χ4n) is 3.31. The minimum atomic E-state index is -4.69. The van der Waals surface area contributed by atoms with Gasteiger partial charge in [0.1, 0.15) is 17.9 Å². The van der Waals surface area contributed by atoms with Gasteiger partial charge in [-0.25, -0.2) is 9.18 Å². The largest absolute Gasteiger partial charge is 0.388 e. The average Bonchev–Trinajstić information content (AvgIpc) is 3.13. The summed E-state index contributed by atoms with van der Waals surface area (Å²) in [4.78, 5) is 28.8. The molecule has 3 unspecified atom stereocenters. The van der Waals surface area contributed by atoms with Crippen molar-refractivity contribution in [1.82, 2.24) is 14.5 Å². The number of nitrogens with zero attached hydrogens (tertiary/aromatic N) is 2. The molecule has 3 rings (SSSR count). The highest BCUT2D eigenvalue weighted by Gasteiger charge is 2.50. The molecule has 1 fully saturated rings. The summed E-state index contributed by atoms with van der Waals surface area (Å²) in [5.41, 5.74) is 0.347. The molecule has 0 bridgehead atoms. The van der Waals surface area contributed by atoms with Crippen molar-refractivity contribution in [3.63, 3.8) is 0 Å². The number of aliphatic hydroxyl groups excluding tert-OH is 3. The van der Waals surface area contributed by atoms with Crippen molar-refractivity contribution in [1.29, 1.82) is 0 Å². The average molecular weight is 449 g/mol. The Morgan fingerprint density at radius 2 is 2.13 bits per heavy atom. The summed E-state index contributed by atoms with van der Waals surface area (Å²) in [6.07, 6.45) is -5.64. The molecule has 2 aromatic heterocycles. The van der Waals surface area contributed by atoms with Crippen LogP contribution < -0.4 is 5.69 Å². The van der Waals surface area contributed by atoms with Crippen molar-refractivity contribution in [2.75, 3.05) is 0 Å². The van der Waals surface area contributed by atoms with E-state index in [0.717, 1.165) is 17.2 Å². The lowest BCUT2D eigenvalue weighted by Crippen LogP contribution is -2.38. The number of fused-ring (bicyclic) bond motifs is 1. The lowest BCUT2D eigenvalue weighted by Gasteiger charge is -2.30. The van der Waals surface area contributed by atoms with Gasteiger partial charge in [0.05, 0.1) is 6.10 Å². The van der Waals surface area contributed by atoms with Crippen LogP contribution in [0.3, 0.4) is 0 Å². The smallest absolute Gasteiger partial charge is 0.358 e. The zero-order valence-corrected chi connectivity index (χ0v) is 17.5. The molecule has 0 amide bonds. The molecule has 0 radical (unpaired) electrons. The van der Waals surface area contributed by atoms with E-state index in [1.807, 2.05) is 0 Å². The van der Waals surface area contributed by atoms with Crippen LogP contribution in [0.2, 0.25) is 0 Å². The number of aromatic amines is 1. The third-order valence-electron chi connectivity index (χ3n) is 5.08. The molecule has 168 valence electrons. The zero-order valence-electron chi connectivity index (χ0n) is 16.6. The van der Waals surface area contributed by atoms with E-state index < -0.39 is 62.4 Å². The number of alkyl halides is 1. The van der Waals surface area contributed by atoms with Crippen LogP contribution in [-0.4, -0.2) is 64.8 Å².